The van der Waals surface area contributed by atoms with Crippen LogP contribution in [-0.4, -0.2) is 48.3 Å². The first-order valence-corrected chi connectivity index (χ1v) is 7.14. The highest BCUT2D eigenvalue weighted by atomic mass is 16.5. The molecule has 1 rings (SSSR count). The Balaban J connectivity index is 3.00. The summed E-state index contributed by atoms with van der Waals surface area (Å²) in [7, 11) is 1.54. The van der Waals surface area contributed by atoms with Crippen molar-refractivity contribution in [2.24, 2.45) is 0 Å². The van der Waals surface area contributed by atoms with Crippen molar-refractivity contribution in [3.8, 4) is 11.5 Å². The van der Waals surface area contributed by atoms with Gasteiger partial charge in [-0.15, -0.1) is 0 Å². The molecule has 5 nitrogen and oxygen atoms in total. The first-order valence-electron chi connectivity index (χ1n) is 7.14. The van der Waals surface area contributed by atoms with E-state index >= 15 is 0 Å². The van der Waals surface area contributed by atoms with Crippen LogP contribution in [0, 0.1) is 0 Å². The van der Waals surface area contributed by atoms with Crippen molar-refractivity contribution in [1.29, 1.82) is 0 Å². The number of methoxy groups -OCH3 is 1. The van der Waals surface area contributed by atoms with Gasteiger partial charge in [0.1, 0.15) is 0 Å². The zero-order valence-corrected chi connectivity index (χ0v) is 13.5. The van der Waals surface area contributed by atoms with Gasteiger partial charge in [0.2, 0.25) is 0 Å². The van der Waals surface area contributed by atoms with Crippen LogP contribution in [0.15, 0.2) is 18.2 Å². The molecule has 1 N–H and O–H groups in total. The van der Waals surface area contributed by atoms with Gasteiger partial charge in [0.15, 0.2) is 11.5 Å². The highest BCUT2D eigenvalue weighted by Gasteiger charge is 2.23. The van der Waals surface area contributed by atoms with Gasteiger partial charge in [-0.3, -0.25) is 4.79 Å². The number of likely N-dealkylation sites (N-methyl/N-ethyl adjacent to an activating group) is 1. The van der Waals surface area contributed by atoms with E-state index in [2.05, 4.69) is 0 Å². The minimum Gasteiger partial charge on any atom is -0.493 e. The first kappa shape index (κ1) is 17.3. The van der Waals surface area contributed by atoms with Crippen molar-refractivity contribution in [3.05, 3.63) is 23.8 Å². The van der Waals surface area contributed by atoms with Crippen molar-refractivity contribution >= 4 is 5.91 Å². The Hall–Kier alpha value is -1.75. The molecule has 0 unspecified atom stereocenters. The molecule has 0 fully saturated rings. The maximum atomic E-state index is 12.5. The molecule has 1 aromatic rings. The molecule has 0 heterocycles. The van der Waals surface area contributed by atoms with Gasteiger partial charge in [-0.25, -0.2) is 0 Å². The Morgan fingerprint density at radius 1 is 1.29 bits per heavy atom. The second-order valence-corrected chi connectivity index (χ2v) is 5.43. The minimum atomic E-state index is -0.930. The Kier molecular flexibility index (Phi) is 6.03. The number of ether oxygens (including phenoxy) is 2. The lowest BCUT2D eigenvalue weighted by Gasteiger charge is -2.28. The molecule has 5 heteroatoms. The van der Waals surface area contributed by atoms with E-state index in [1.54, 1.807) is 44.1 Å². The molecule has 1 amide bonds. The average Bonchev–Trinajstić information content (AvgIpc) is 2.43. The smallest absolute Gasteiger partial charge is 0.254 e. The molecule has 0 spiro atoms. The fraction of sp³-hybridized carbons (Fsp3) is 0.562. The van der Waals surface area contributed by atoms with E-state index in [4.69, 9.17) is 9.47 Å². The fourth-order valence-corrected chi connectivity index (χ4v) is 2.05. The van der Waals surface area contributed by atoms with Gasteiger partial charge >= 0.3 is 0 Å². The molecular weight excluding hydrogens is 270 g/mol. The molecule has 0 aliphatic carbocycles. The summed E-state index contributed by atoms with van der Waals surface area (Å²) in [6, 6.07) is 5.11. The Morgan fingerprint density at radius 2 is 1.95 bits per heavy atom. The molecule has 0 atom stereocenters. The standard InChI is InChI=1S/C16H25NO4/c1-6-17(11-16(3,4)19)15(18)12-8-9-13(21-7-2)14(10-12)20-5/h8-10,19H,6-7,11H2,1-5H3. The second kappa shape index (κ2) is 7.31. The zero-order chi connectivity index (χ0) is 16.0. The first-order chi connectivity index (χ1) is 9.82. The molecule has 0 bridgehead atoms. The van der Waals surface area contributed by atoms with E-state index in [-0.39, 0.29) is 12.5 Å². The van der Waals surface area contributed by atoms with Gasteiger partial charge in [0.05, 0.1) is 19.3 Å². The Morgan fingerprint density at radius 3 is 2.43 bits per heavy atom. The van der Waals surface area contributed by atoms with Crippen LogP contribution >= 0.6 is 0 Å². The summed E-state index contributed by atoms with van der Waals surface area (Å²) < 4.78 is 10.7. The number of nitrogens with zero attached hydrogens (tertiary/aromatic N) is 1. The molecule has 0 aliphatic heterocycles. The highest BCUT2D eigenvalue weighted by Crippen LogP contribution is 2.28. The molecule has 1 aromatic carbocycles. The van der Waals surface area contributed by atoms with Crippen molar-refractivity contribution in [3.63, 3.8) is 0 Å². The predicted octanol–water partition coefficient (Wildman–Crippen LogP) is 2.33. The zero-order valence-electron chi connectivity index (χ0n) is 13.5. The van der Waals surface area contributed by atoms with Crippen LogP contribution in [0.5, 0.6) is 11.5 Å². The van der Waals surface area contributed by atoms with Crippen molar-refractivity contribution in [1.82, 2.24) is 4.90 Å². The van der Waals surface area contributed by atoms with Crippen LogP contribution in [0.25, 0.3) is 0 Å². The molecular formula is C16H25NO4. The van der Waals surface area contributed by atoms with Crippen LogP contribution < -0.4 is 9.47 Å². The number of aliphatic hydroxyl groups is 1. The summed E-state index contributed by atoms with van der Waals surface area (Å²) in [5, 5.41) is 9.89. The monoisotopic (exact) mass is 295 g/mol. The molecule has 0 radical (unpaired) electrons. The topological polar surface area (TPSA) is 59.0 Å². The number of benzene rings is 1. The number of carbonyl (C=O) groups is 1. The lowest BCUT2D eigenvalue weighted by molar-refractivity contribution is 0.0314. The molecule has 0 aromatic heterocycles. The number of hydrogen-bond acceptors (Lipinski definition) is 4. The lowest BCUT2D eigenvalue weighted by Crippen LogP contribution is -2.42. The van der Waals surface area contributed by atoms with Gasteiger partial charge in [0, 0.05) is 18.7 Å². The van der Waals surface area contributed by atoms with E-state index in [0.717, 1.165) is 0 Å². The average molecular weight is 295 g/mol. The van der Waals surface area contributed by atoms with Gasteiger partial charge in [0.25, 0.3) is 5.91 Å². The van der Waals surface area contributed by atoms with Crippen LogP contribution in [-0.2, 0) is 0 Å². The lowest BCUT2D eigenvalue weighted by atomic mass is 10.1. The minimum absolute atomic E-state index is 0.138. The SMILES string of the molecule is CCOc1ccc(C(=O)N(CC)CC(C)(C)O)cc1OC. The van der Waals surface area contributed by atoms with E-state index in [9.17, 15) is 9.90 Å². The van der Waals surface area contributed by atoms with Crippen LogP contribution in [0.2, 0.25) is 0 Å². The Bertz CT molecular complexity index is 480. The maximum Gasteiger partial charge on any atom is 0.254 e. The van der Waals surface area contributed by atoms with Crippen LogP contribution in [0.4, 0.5) is 0 Å². The van der Waals surface area contributed by atoms with E-state index < -0.39 is 5.60 Å². The summed E-state index contributed by atoms with van der Waals surface area (Å²) in [5.74, 6) is 1.00. The highest BCUT2D eigenvalue weighted by molar-refractivity contribution is 5.95. The summed E-state index contributed by atoms with van der Waals surface area (Å²) in [4.78, 5) is 14.1. The van der Waals surface area contributed by atoms with E-state index in [1.165, 1.54) is 0 Å². The second-order valence-electron chi connectivity index (χ2n) is 5.43. The number of carbonyl (C=O) groups excluding carboxylic acids is 1. The summed E-state index contributed by atoms with van der Waals surface area (Å²) >= 11 is 0. The van der Waals surface area contributed by atoms with Crippen molar-refractivity contribution < 1.29 is 19.4 Å². The third kappa shape index (κ3) is 4.93. The summed E-state index contributed by atoms with van der Waals surface area (Å²) in [5.41, 5.74) is -0.414. The summed E-state index contributed by atoms with van der Waals surface area (Å²) in [6.07, 6.45) is 0. The van der Waals surface area contributed by atoms with Crippen LogP contribution in [0.3, 0.4) is 0 Å². The van der Waals surface area contributed by atoms with E-state index in [0.29, 0.717) is 30.2 Å². The van der Waals surface area contributed by atoms with Gasteiger partial charge in [-0.05, 0) is 45.9 Å². The molecule has 0 saturated heterocycles. The predicted molar refractivity (Wildman–Crippen MR) is 82.0 cm³/mol. The largest absolute Gasteiger partial charge is 0.493 e. The van der Waals surface area contributed by atoms with E-state index in [1.807, 2.05) is 13.8 Å². The number of hydrogen-bond donors (Lipinski definition) is 1. The van der Waals surface area contributed by atoms with Crippen LogP contribution in [0.1, 0.15) is 38.1 Å². The third-order valence-electron chi connectivity index (χ3n) is 2.96. The normalized spacial score (nSPS) is 11.1. The number of rotatable bonds is 7. The van der Waals surface area contributed by atoms with Gasteiger partial charge < -0.3 is 19.5 Å². The number of amides is 1. The molecule has 21 heavy (non-hydrogen) atoms. The Labute approximate surface area is 126 Å². The molecule has 118 valence electrons. The van der Waals surface area contributed by atoms with Gasteiger partial charge in [-0.1, -0.05) is 0 Å². The molecule has 0 saturated carbocycles. The van der Waals surface area contributed by atoms with Crippen molar-refractivity contribution in [2.75, 3.05) is 26.8 Å². The van der Waals surface area contributed by atoms with Crippen molar-refractivity contribution in [2.45, 2.75) is 33.3 Å². The fourth-order valence-electron chi connectivity index (χ4n) is 2.05. The quantitative estimate of drug-likeness (QED) is 0.838. The third-order valence-corrected chi connectivity index (χ3v) is 2.96. The maximum absolute atomic E-state index is 12.5. The summed E-state index contributed by atoms with van der Waals surface area (Å²) in [6.45, 7) is 8.47. The van der Waals surface area contributed by atoms with Gasteiger partial charge in [-0.2, -0.15) is 0 Å². The molecule has 0 aliphatic rings.